The molecular weight excluding hydrogens is 448 g/mol. The lowest BCUT2D eigenvalue weighted by Crippen LogP contribution is -2.33. The molecule has 1 atom stereocenters. The van der Waals surface area contributed by atoms with Gasteiger partial charge in [0.15, 0.2) is 0 Å². The van der Waals surface area contributed by atoms with Crippen LogP contribution in [-0.2, 0) is 14.3 Å². The quantitative estimate of drug-likeness (QED) is 0.457. The van der Waals surface area contributed by atoms with E-state index in [1.165, 1.54) is 7.11 Å². The molecule has 0 aromatic heterocycles. The van der Waals surface area contributed by atoms with E-state index in [2.05, 4.69) is 21.2 Å². The van der Waals surface area contributed by atoms with Crippen LogP contribution in [0.2, 0.25) is 0 Å². The number of rotatable bonds is 4. The lowest BCUT2D eigenvalue weighted by atomic mass is 10.0. The topological polar surface area (TPSA) is 75.7 Å². The first kappa shape index (κ1) is 20.1. The second-order valence-corrected chi connectivity index (χ2v) is 7.86. The average Bonchev–Trinajstić information content (AvgIpc) is 3.14. The zero-order valence-electron chi connectivity index (χ0n) is 16.2. The molecule has 1 aliphatic heterocycles. The van der Waals surface area contributed by atoms with E-state index in [4.69, 9.17) is 4.74 Å². The van der Waals surface area contributed by atoms with E-state index >= 15 is 0 Å². The number of benzene rings is 3. The van der Waals surface area contributed by atoms with Gasteiger partial charge in [-0.1, -0.05) is 36.4 Å². The van der Waals surface area contributed by atoms with Gasteiger partial charge in [-0.3, -0.25) is 9.59 Å². The van der Waals surface area contributed by atoms with Crippen molar-refractivity contribution >= 4 is 55.9 Å². The van der Waals surface area contributed by atoms with Crippen molar-refractivity contribution in [2.45, 2.75) is 6.42 Å². The molecule has 152 valence electrons. The van der Waals surface area contributed by atoms with Gasteiger partial charge in [0.25, 0.3) is 0 Å². The third-order valence-corrected chi connectivity index (χ3v) is 5.88. The predicted molar refractivity (Wildman–Crippen MR) is 119 cm³/mol. The Morgan fingerprint density at radius 2 is 1.73 bits per heavy atom. The number of ether oxygens (including phenoxy) is 1. The first-order chi connectivity index (χ1) is 14.5. The van der Waals surface area contributed by atoms with Gasteiger partial charge in [0, 0.05) is 11.0 Å². The molecule has 4 rings (SSSR count). The molecule has 30 heavy (non-hydrogen) atoms. The number of carbonyl (C=O) groups excluding carboxylic acids is 3. The van der Waals surface area contributed by atoms with Gasteiger partial charge in [-0.05, 0) is 57.4 Å². The lowest BCUT2D eigenvalue weighted by molar-refractivity contribution is -0.129. The third-order valence-electron chi connectivity index (χ3n) is 5.21. The Bertz CT molecular complexity index is 1160. The number of methoxy groups -OCH3 is 1. The average molecular weight is 467 g/mol. The number of hydrogen-bond acceptors (Lipinski definition) is 4. The van der Waals surface area contributed by atoms with Crippen LogP contribution in [0.1, 0.15) is 16.8 Å². The Hall–Kier alpha value is -3.19. The van der Waals surface area contributed by atoms with E-state index in [0.29, 0.717) is 18.7 Å². The standard InChI is InChI=1S/C23H19BrN2O4/c1-30-23(29)17-12-14-6-2-3-7-15(14)13-19(17)25-21(27)16-10-11-26(22(16)28)20-9-5-4-8-18(20)24/h2-9,12-13,16H,10-11H2,1H3,(H,25,27). The van der Waals surface area contributed by atoms with Crippen molar-refractivity contribution < 1.29 is 19.1 Å². The van der Waals surface area contributed by atoms with Crippen LogP contribution in [0.15, 0.2) is 65.1 Å². The molecule has 3 aromatic carbocycles. The smallest absolute Gasteiger partial charge is 0.339 e. The lowest BCUT2D eigenvalue weighted by Gasteiger charge is -2.18. The van der Waals surface area contributed by atoms with E-state index in [1.54, 1.807) is 17.0 Å². The highest BCUT2D eigenvalue weighted by atomic mass is 79.9. The summed E-state index contributed by atoms with van der Waals surface area (Å²) in [7, 11) is 1.29. The van der Waals surface area contributed by atoms with Gasteiger partial charge in [0.05, 0.1) is 24.0 Å². The van der Waals surface area contributed by atoms with Gasteiger partial charge in [0.2, 0.25) is 11.8 Å². The summed E-state index contributed by atoms with van der Waals surface area (Å²) in [4.78, 5) is 39.8. The maximum Gasteiger partial charge on any atom is 0.339 e. The van der Waals surface area contributed by atoms with Crippen molar-refractivity contribution in [1.29, 1.82) is 0 Å². The van der Waals surface area contributed by atoms with E-state index in [1.807, 2.05) is 48.5 Å². The molecule has 0 spiro atoms. The van der Waals surface area contributed by atoms with Gasteiger partial charge in [-0.15, -0.1) is 0 Å². The summed E-state index contributed by atoms with van der Waals surface area (Å²) in [6.45, 7) is 0.446. The molecular formula is C23H19BrN2O4. The van der Waals surface area contributed by atoms with Crippen molar-refractivity contribution in [3.63, 3.8) is 0 Å². The Kier molecular flexibility index (Phi) is 5.55. The maximum atomic E-state index is 13.0. The number of carbonyl (C=O) groups is 3. The molecule has 1 fully saturated rings. The van der Waals surface area contributed by atoms with Crippen molar-refractivity contribution in [2.75, 3.05) is 23.9 Å². The fourth-order valence-electron chi connectivity index (χ4n) is 3.68. The summed E-state index contributed by atoms with van der Waals surface area (Å²) in [5.41, 5.74) is 1.31. The highest BCUT2D eigenvalue weighted by molar-refractivity contribution is 9.10. The maximum absolute atomic E-state index is 13.0. The molecule has 1 aliphatic rings. The molecule has 6 nitrogen and oxygen atoms in total. The first-order valence-electron chi connectivity index (χ1n) is 9.47. The Morgan fingerprint density at radius 3 is 2.43 bits per heavy atom. The summed E-state index contributed by atoms with van der Waals surface area (Å²) < 4.78 is 5.66. The van der Waals surface area contributed by atoms with E-state index in [9.17, 15) is 14.4 Å². The highest BCUT2D eigenvalue weighted by Crippen LogP contribution is 2.32. The molecule has 0 bridgehead atoms. The number of fused-ring (bicyclic) bond motifs is 1. The van der Waals surface area contributed by atoms with Crippen LogP contribution in [0.5, 0.6) is 0 Å². The van der Waals surface area contributed by atoms with Crippen LogP contribution in [0.3, 0.4) is 0 Å². The van der Waals surface area contributed by atoms with Gasteiger partial charge >= 0.3 is 5.97 Å². The van der Waals surface area contributed by atoms with Crippen LogP contribution in [0.4, 0.5) is 11.4 Å². The minimum Gasteiger partial charge on any atom is -0.465 e. The minimum atomic E-state index is -0.825. The normalized spacial score (nSPS) is 16.0. The monoisotopic (exact) mass is 466 g/mol. The predicted octanol–water partition coefficient (Wildman–Crippen LogP) is 4.38. The number of para-hydroxylation sites is 1. The molecule has 1 unspecified atom stereocenters. The molecule has 1 N–H and O–H groups in total. The summed E-state index contributed by atoms with van der Waals surface area (Å²) in [5, 5.41) is 4.50. The highest BCUT2D eigenvalue weighted by Gasteiger charge is 2.38. The van der Waals surface area contributed by atoms with E-state index in [0.717, 1.165) is 20.9 Å². The van der Waals surface area contributed by atoms with Crippen molar-refractivity contribution in [2.24, 2.45) is 5.92 Å². The number of amides is 2. The molecule has 3 aromatic rings. The number of nitrogens with zero attached hydrogens (tertiary/aromatic N) is 1. The second-order valence-electron chi connectivity index (χ2n) is 7.01. The molecule has 0 saturated carbocycles. The SMILES string of the molecule is COC(=O)c1cc2ccccc2cc1NC(=O)C1CCN(c2ccccc2Br)C1=O. The molecule has 1 saturated heterocycles. The van der Waals surface area contributed by atoms with Crippen molar-refractivity contribution in [1.82, 2.24) is 0 Å². The first-order valence-corrected chi connectivity index (χ1v) is 10.3. The number of anilines is 2. The number of halogens is 1. The molecule has 2 amide bonds. The van der Waals surface area contributed by atoms with Crippen LogP contribution >= 0.6 is 15.9 Å². The second kappa shape index (κ2) is 8.28. The largest absolute Gasteiger partial charge is 0.465 e. The van der Waals surface area contributed by atoms with Crippen LogP contribution in [0, 0.1) is 5.92 Å². The van der Waals surface area contributed by atoms with Crippen LogP contribution in [0.25, 0.3) is 10.8 Å². The van der Waals surface area contributed by atoms with E-state index in [-0.39, 0.29) is 11.5 Å². The number of esters is 1. The van der Waals surface area contributed by atoms with Crippen molar-refractivity contribution in [3.05, 3.63) is 70.7 Å². The number of hydrogen-bond donors (Lipinski definition) is 1. The summed E-state index contributed by atoms with van der Waals surface area (Å²) in [5.74, 6) is -2.08. The van der Waals surface area contributed by atoms with Gasteiger partial charge in [-0.2, -0.15) is 0 Å². The van der Waals surface area contributed by atoms with Gasteiger partial charge < -0.3 is 15.0 Å². The third kappa shape index (κ3) is 3.68. The zero-order valence-corrected chi connectivity index (χ0v) is 17.8. The summed E-state index contributed by atoms with van der Waals surface area (Å²) in [6.07, 6.45) is 0.396. The van der Waals surface area contributed by atoms with Gasteiger partial charge in [-0.25, -0.2) is 4.79 Å². The molecule has 7 heteroatoms. The van der Waals surface area contributed by atoms with Crippen molar-refractivity contribution in [3.8, 4) is 0 Å². The molecule has 1 heterocycles. The minimum absolute atomic E-state index is 0.248. The Labute approximate surface area is 181 Å². The van der Waals surface area contributed by atoms with E-state index < -0.39 is 17.8 Å². The van der Waals surface area contributed by atoms with Crippen LogP contribution < -0.4 is 10.2 Å². The number of nitrogens with one attached hydrogen (secondary N) is 1. The van der Waals surface area contributed by atoms with Gasteiger partial charge in [0.1, 0.15) is 5.92 Å². The zero-order chi connectivity index (χ0) is 21.3. The summed E-state index contributed by atoms with van der Waals surface area (Å²) in [6, 6.07) is 18.3. The molecule has 0 aliphatic carbocycles. The Balaban J connectivity index is 1.61. The van der Waals surface area contributed by atoms with Crippen LogP contribution in [-0.4, -0.2) is 31.4 Å². The fraction of sp³-hybridized carbons (Fsp3) is 0.174. The fourth-order valence-corrected chi connectivity index (χ4v) is 4.17. The Morgan fingerprint density at radius 1 is 1.07 bits per heavy atom. The molecule has 0 radical (unpaired) electrons. The summed E-state index contributed by atoms with van der Waals surface area (Å²) >= 11 is 3.46.